The smallest absolute Gasteiger partial charge is 0.335 e. The first kappa shape index (κ1) is 13.9. The first-order chi connectivity index (χ1) is 10.6. The molecule has 0 saturated heterocycles. The van der Waals surface area contributed by atoms with Crippen molar-refractivity contribution in [2.45, 2.75) is 6.92 Å². The summed E-state index contributed by atoms with van der Waals surface area (Å²) in [5.74, 6) is -1.53. The third-order valence-electron chi connectivity index (χ3n) is 3.51. The maximum absolute atomic E-state index is 12.4. The monoisotopic (exact) mass is 295 g/mol. The number of aromatic nitrogens is 1. The molecule has 1 aromatic carbocycles. The zero-order valence-corrected chi connectivity index (χ0v) is 11.8. The van der Waals surface area contributed by atoms with E-state index in [-0.39, 0.29) is 17.4 Å². The van der Waals surface area contributed by atoms with Crippen molar-refractivity contribution in [3.63, 3.8) is 0 Å². The van der Waals surface area contributed by atoms with E-state index in [2.05, 4.69) is 10.1 Å². The quantitative estimate of drug-likeness (QED) is 0.940. The van der Waals surface area contributed by atoms with E-state index in [0.29, 0.717) is 11.4 Å². The number of anilines is 1. The van der Waals surface area contributed by atoms with Gasteiger partial charge in [-0.25, -0.2) is 4.79 Å². The van der Waals surface area contributed by atoms with E-state index < -0.39 is 5.97 Å². The van der Waals surface area contributed by atoms with Gasteiger partial charge in [0.15, 0.2) is 0 Å². The summed E-state index contributed by atoms with van der Waals surface area (Å²) in [6.07, 6.45) is 3.33. The van der Waals surface area contributed by atoms with Gasteiger partial charge in [-0.3, -0.25) is 9.78 Å². The van der Waals surface area contributed by atoms with Gasteiger partial charge in [0.25, 0.3) is 5.91 Å². The molecule has 2 aromatic rings. The van der Waals surface area contributed by atoms with Crippen molar-refractivity contribution in [3.05, 3.63) is 59.9 Å². The minimum Gasteiger partial charge on any atom is -0.478 e. The molecule has 1 aliphatic rings. The summed E-state index contributed by atoms with van der Waals surface area (Å²) in [7, 11) is 0. The van der Waals surface area contributed by atoms with Gasteiger partial charge in [-0.2, -0.15) is 10.1 Å². The highest BCUT2D eigenvalue weighted by atomic mass is 16.4. The molecule has 1 amide bonds. The van der Waals surface area contributed by atoms with Crippen LogP contribution < -0.4 is 5.01 Å². The summed E-state index contributed by atoms with van der Waals surface area (Å²) in [4.78, 5) is 27.3. The Kier molecular flexibility index (Phi) is 3.42. The predicted octanol–water partition coefficient (Wildman–Crippen LogP) is 2.17. The molecule has 1 atom stereocenters. The van der Waals surface area contributed by atoms with Crippen molar-refractivity contribution in [2.24, 2.45) is 11.0 Å². The maximum Gasteiger partial charge on any atom is 0.335 e. The number of pyridine rings is 1. The fourth-order valence-corrected chi connectivity index (χ4v) is 2.30. The molecule has 110 valence electrons. The Hall–Kier alpha value is -3.02. The van der Waals surface area contributed by atoms with E-state index in [9.17, 15) is 9.59 Å². The standard InChI is InChI=1S/C16H13N3O3/c1-10-14(12-3-2-8-17-9-12)18-19(15(10)20)13-6-4-11(5-7-13)16(21)22/h2-10H,1H3,(H,21,22). The summed E-state index contributed by atoms with van der Waals surface area (Å²) in [6.45, 7) is 1.79. The number of hydrogen-bond acceptors (Lipinski definition) is 4. The summed E-state index contributed by atoms with van der Waals surface area (Å²) >= 11 is 0. The number of rotatable bonds is 3. The molecule has 22 heavy (non-hydrogen) atoms. The first-order valence-corrected chi connectivity index (χ1v) is 6.74. The van der Waals surface area contributed by atoms with Crippen LogP contribution in [0.3, 0.4) is 0 Å². The number of amides is 1. The van der Waals surface area contributed by atoms with Crippen molar-refractivity contribution >= 4 is 23.3 Å². The number of carboxylic acid groups (broad SMARTS) is 1. The second-order valence-electron chi connectivity index (χ2n) is 4.95. The fraction of sp³-hybridized carbons (Fsp3) is 0.125. The van der Waals surface area contributed by atoms with Gasteiger partial charge in [-0.05, 0) is 43.3 Å². The lowest BCUT2D eigenvalue weighted by molar-refractivity contribution is -0.119. The largest absolute Gasteiger partial charge is 0.478 e. The molecular weight excluding hydrogens is 282 g/mol. The van der Waals surface area contributed by atoms with Gasteiger partial charge in [0.1, 0.15) is 0 Å². The minimum absolute atomic E-state index is 0.151. The van der Waals surface area contributed by atoms with Crippen LogP contribution in [0.15, 0.2) is 53.9 Å². The zero-order chi connectivity index (χ0) is 15.7. The highest BCUT2D eigenvalue weighted by Crippen LogP contribution is 2.26. The second kappa shape index (κ2) is 5.40. The molecule has 1 N–H and O–H groups in total. The molecular formula is C16H13N3O3. The Morgan fingerprint density at radius 1 is 1.23 bits per heavy atom. The number of hydrazone groups is 1. The van der Waals surface area contributed by atoms with Gasteiger partial charge in [0.05, 0.1) is 22.9 Å². The highest BCUT2D eigenvalue weighted by molar-refractivity contribution is 6.21. The van der Waals surface area contributed by atoms with Crippen LogP contribution in [0.5, 0.6) is 0 Å². The third-order valence-corrected chi connectivity index (χ3v) is 3.51. The molecule has 0 saturated carbocycles. The lowest BCUT2D eigenvalue weighted by atomic mass is 10.0. The number of hydrogen-bond donors (Lipinski definition) is 1. The summed E-state index contributed by atoms with van der Waals surface area (Å²) < 4.78 is 0. The second-order valence-corrected chi connectivity index (χ2v) is 4.95. The van der Waals surface area contributed by atoms with Gasteiger partial charge in [-0.1, -0.05) is 0 Å². The highest BCUT2D eigenvalue weighted by Gasteiger charge is 2.34. The topological polar surface area (TPSA) is 82.9 Å². The van der Waals surface area contributed by atoms with Crippen LogP contribution in [0.4, 0.5) is 5.69 Å². The summed E-state index contributed by atoms with van der Waals surface area (Å²) in [6, 6.07) is 9.69. The van der Waals surface area contributed by atoms with Gasteiger partial charge in [0, 0.05) is 18.0 Å². The average Bonchev–Trinajstić information content (AvgIpc) is 2.84. The molecule has 0 fully saturated rings. The molecule has 3 rings (SSSR count). The number of aromatic carboxylic acids is 1. The van der Waals surface area contributed by atoms with Crippen molar-refractivity contribution < 1.29 is 14.7 Å². The molecule has 6 nitrogen and oxygen atoms in total. The molecule has 0 spiro atoms. The van der Waals surface area contributed by atoms with Gasteiger partial charge < -0.3 is 5.11 Å². The number of nitrogens with zero attached hydrogens (tertiary/aromatic N) is 3. The van der Waals surface area contributed by atoms with Crippen molar-refractivity contribution in [2.75, 3.05) is 5.01 Å². The normalized spacial score (nSPS) is 17.5. The third kappa shape index (κ3) is 2.35. The van der Waals surface area contributed by atoms with E-state index in [1.807, 2.05) is 6.07 Å². The summed E-state index contributed by atoms with van der Waals surface area (Å²) in [5, 5.41) is 14.6. The lowest BCUT2D eigenvalue weighted by Crippen LogP contribution is -2.25. The SMILES string of the molecule is CC1C(=O)N(c2ccc(C(=O)O)cc2)N=C1c1cccnc1. The van der Waals surface area contributed by atoms with Crippen LogP contribution in [0.1, 0.15) is 22.8 Å². The Balaban J connectivity index is 1.96. The van der Waals surface area contributed by atoms with E-state index >= 15 is 0 Å². The van der Waals surface area contributed by atoms with Crippen molar-refractivity contribution in [1.82, 2.24) is 4.98 Å². The van der Waals surface area contributed by atoms with E-state index in [1.54, 1.807) is 37.5 Å². The number of benzene rings is 1. The molecule has 2 heterocycles. The van der Waals surface area contributed by atoms with E-state index in [1.165, 1.54) is 17.1 Å². The van der Waals surface area contributed by atoms with Crippen LogP contribution in [0.2, 0.25) is 0 Å². The molecule has 0 bridgehead atoms. The van der Waals surface area contributed by atoms with E-state index in [0.717, 1.165) is 5.56 Å². The van der Waals surface area contributed by atoms with Crippen LogP contribution in [0.25, 0.3) is 0 Å². The van der Waals surface area contributed by atoms with Crippen molar-refractivity contribution in [1.29, 1.82) is 0 Å². The molecule has 6 heteroatoms. The molecule has 1 aromatic heterocycles. The Bertz CT molecular complexity index is 754. The fourth-order valence-electron chi connectivity index (χ4n) is 2.30. The molecule has 1 unspecified atom stereocenters. The molecule has 0 aliphatic carbocycles. The number of carbonyl (C=O) groups excluding carboxylic acids is 1. The predicted molar refractivity (Wildman–Crippen MR) is 80.8 cm³/mol. The van der Waals surface area contributed by atoms with Gasteiger partial charge >= 0.3 is 5.97 Å². The van der Waals surface area contributed by atoms with Crippen molar-refractivity contribution in [3.8, 4) is 0 Å². The lowest BCUT2D eigenvalue weighted by Gasteiger charge is -2.12. The number of carboxylic acids is 1. The average molecular weight is 295 g/mol. The molecule has 1 aliphatic heterocycles. The Morgan fingerprint density at radius 2 is 1.95 bits per heavy atom. The maximum atomic E-state index is 12.4. The van der Waals surface area contributed by atoms with Crippen LogP contribution >= 0.6 is 0 Å². The summed E-state index contributed by atoms with van der Waals surface area (Å²) in [5.41, 5.74) is 2.16. The van der Waals surface area contributed by atoms with Crippen LogP contribution in [-0.4, -0.2) is 27.7 Å². The number of carbonyl (C=O) groups is 2. The van der Waals surface area contributed by atoms with Gasteiger partial charge in [-0.15, -0.1) is 0 Å². The van der Waals surface area contributed by atoms with Crippen LogP contribution in [-0.2, 0) is 4.79 Å². The van der Waals surface area contributed by atoms with E-state index in [4.69, 9.17) is 5.11 Å². The van der Waals surface area contributed by atoms with Crippen LogP contribution in [0, 0.1) is 5.92 Å². The Labute approximate surface area is 126 Å². The van der Waals surface area contributed by atoms with Gasteiger partial charge in [0.2, 0.25) is 0 Å². The molecule has 0 radical (unpaired) electrons. The minimum atomic E-state index is -1.01. The zero-order valence-electron chi connectivity index (χ0n) is 11.8. The first-order valence-electron chi connectivity index (χ1n) is 6.74. The Morgan fingerprint density at radius 3 is 2.55 bits per heavy atom.